The Morgan fingerprint density at radius 3 is 2.62 bits per heavy atom. The third-order valence-corrected chi connectivity index (χ3v) is 3.56. The molecule has 0 bridgehead atoms. The summed E-state index contributed by atoms with van der Waals surface area (Å²) in [6, 6.07) is 11.7. The molecule has 0 atom stereocenters. The first-order chi connectivity index (χ1) is 7.74. The van der Waals surface area contributed by atoms with Crippen molar-refractivity contribution in [2.24, 2.45) is 0 Å². The summed E-state index contributed by atoms with van der Waals surface area (Å²) in [5, 5.41) is 5.59. The van der Waals surface area contributed by atoms with Gasteiger partial charge in [0.2, 0.25) is 0 Å². The SMILES string of the molecule is Cc1ccc(SC(=O)Nc2cccs2)cc1. The summed E-state index contributed by atoms with van der Waals surface area (Å²) in [4.78, 5) is 12.6. The van der Waals surface area contributed by atoms with Crippen molar-refractivity contribution in [2.45, 2.75) is 11.8 Å². The zero-order valence-corrected chi connectivity index (χ0v) is 10.4. The average molecular weight is 249 g/mol. The highest BCUT2D eigenvalue weighted by Crippen LogP contribution is 2.23. The second-order valence-electron chi connectivity index (χ2n) is 3.30. The monoisotopic (exact) mass is 249 g/mol. The van der Waals surface area contributed by atoms with Crippen molar-refractivity contribution in [3.63, 3.8) is 0 Å². The Morgan fingerprint density at radius 2 is 2.00 bits per heavy atom. The summed E-state index contributed by atoms with van der Waals surface area (Å²) in [5.41, 5.74) is 1.20. The van der Waals surface area contributed by atoms with Crippen LogP contribution in [0.3, 0.4) is 0 Å². The number of nitrogens with one attached hydrogen (secondary N) is 1. The Balaban J connectivity index is 1.95. The number of hydrogen-bond donors (Lipinski definition) is 1. The van der Waals surface area contributed by atoms with Gasteiger partial charge in [-0.1, -0.05) is 17.7 Å². The van der Waals surface area contributed by atoms with Gasteiger partial charge in [-0.25, -0.2) is 0 Å². The number of carbonyl (C=O) groups is 1. The molecule has 0 saturated heterocycles. The molecule has 1 aromatic carbocycles. The van der Waals surface area contributed by atoms with Crippen LogP contribution in [0.1, 0.15) is 5.56 Å². The molecule has 0 aliphatic heterocycles. The number of hydrogen-bond acceptors (Lipinski definition) is 3. The molecule has 0 aliphatic rings. The van der Waals surface area contributed by atoms with Gasteiger partial charge < -0.3 is 5.32 Å². The first-order valence-corrected chi connectivity index (χ1v) is 6.53. The number of rotatable bonds is 2. The van der Waals surface area contributed by atoms with E-state index >= 15 is 0 Å². The van der Waals surface area contributed by atoms with Crippen LogP contribution in [0.2, 0.25) is 0 Å². The Morgan fingerprint density at radius 1 is 1.25 bits per heavy atom. The second kappa shape index (κ2) is 5.18. The Bertz CT molecular complexity index is 462. The zero-order valence-electron chi connectivity index (χ0n) is 8.77. The number of thioether (sulfide) groups is 1. The van der Waals surface area contributed by atoms with Crippen molar-refractivity contribution in [2.75, 3.05) is 5.32 Å². The maximum Gasteiger partial charge on any atom is 0.288 e. The first kappa shape index (κ1) is 11.2. The molecule has 4 heteroatoms. The second-order valence-corrected chi connectivity index (χ2v) is 5.30. The van der Waals surface area contributed by atoms with Crippen LogP contribution in [-0.4, -0.2) is 5.24 Å². The minimum Gasteiger partial charge on any atom is -0.308 e. The molecule has 1 amide bonds. The van der Waals surface area contributed by atoms with Crippen molar-refractivity contribution in [3.05, 3.63) is 47.3 Å². The Hall–Kier alpha value is -1.26. The Kier molecular flexibility index (Phi) is 3.64. The van der Waals surface area contributed by atoms with Crippen molar-refractivity contribution >= 4 is 33.3 Å². The summed E-state index contributed by atoms with van der Waals surface area (Å²) in [6.45, 7) is 2.03. The minimum atomic E-state index is -0.0497. The van der Waals surface area contributed by atoms with E-state index in [4.69, 9.17) is 0 Å². The van der Waals surface area contributed by atoms with Gasteiger partial charge in [-0.05, 0) is 48.3 Å². The van der Waals surface area contributed by atoms with Crippen LogP contribution >= 0.6 is 23.1 Å². The largest absolute Gasteiger partial charge is 0.308 e. The summed E-state index contributed by atoms with van der Waals surface area (Å²) in [7, 11) is 0. The third kappa shape index (κ3) is 3.12. The normalized spacial score (nSPS) is 10.1. The van der Waals surface area contributed by atoms with E-state index in [1.807, 2.05) is 48.7 Å². The topological polar surface area (TPSA) is 29.1 Å². The molecule has 0 aliphatic carbocycles. The molecule has 1 heterocycles. The standard InChI is InChI=1S/C12H11NOS2/c1-9-4-6-10(7-5-9)16-12(14)13-11-3-2-8-15-11/h2-8H,1H3,(H,13,14). The maximum atomic E-state index is 11.6. The first-order valence-electron chi connectivity index (χ1n) is 4.83. The van der Waals surface area contributed by atoms with Crippen molar-refractivity contribution in [3.8, 4) is 0 Å². The van der Waals surface area contributed by atoms with E-state index in [2.05, 4.69) is 5.32 Å². The molecule has 2 rings (SSSR count). The molecule has 0 fully saturated rings. The molecular weight excluding hydrogens is 238 g/mol. The molecule has 0 saturated carbocycles. The number of carbonyl (C=O) groups excluding carboxylic acids is 1. The number of anilines is 1. The van der Waals surface area contributed by atoms with E-state index < -0.39 is 0 Å². The van der Waals surface area contributed by atoms with Gasteiger partial charge in [0.1, 0.15) is 0 Å². The minimum absolute atomic E-state index is 0.0497. The van der Waals surface area contributed by atoms with Crippen molar-refractivity contribution in [1.29, 1.82) is 0 Å². The fourth-order valence-corrected chi connectivity index (χ4v) is 2.51. The molecule has 82 valence electrons. The lowest BCUT2D eigenvalue weighted by molar-refractivity contribution is 0.270. The Labute approximate surface area is 103 Å². The van der Waals surface area contributed by atoms with E-state index in [1.165, 1.54) is 28.7 Å². The van der Waals surface area contributed by atoms with Crippen LogP contribution in [0.4, 0.5) is 9.80 Å². The van der Waals surface area contributed by atoms with E-state index in [-0.39, 0.29) is 5.24 Å². The van der Waals surface area contributed by atoms with E-state index in [0.717, 1.165) is 9.90 Å². The third-order valence-electron chi connectivity index (χ3n) is 1.98. The lowest BCUT2D eigenvalue weighted by atomic mass is 10.2. The predicted molar refractivity (Wildman–Crippen MR) is 70.4 cm³/mol. The van der Waals surface area contributed by atoms with Gasteiger partial charge in [0.25, 0.3) is 5.24 Å². The molecular formula is C12H11NOS2. The molecule has 0 radical (unpaired) electrons. The predicted octanol–water partition coefficient (Wildman–Crippen LogP) is 4.38. The molecule has 1 N–H and O–H groups in total. The highest BCUT2D eigenvalue weighted by Gasteiger charge is 2.04. The molecule has 1 aromatic heterocycles. The fraction of sp³-hybridized carbons (Fsp3) is 0.0833. The number of thiophene rings is 1. The smallest absolute Gasteiger partial charge is 0.288 e. The van der Waals surface area contributed by atoms with Gasteiger partial charge in [0.05, 0.1) is 5.00 Å². The van der Waals surface area contributed by atoms with Crippen molar-refractivity contribution in [1.82, 2.24) is 0 Å². The summed E-state index contributed by atoms with van der Waals surface area (Å²) >= 11 is 2.73. The number of aryl methyl sites for hydroxylation is 1. The molecule has 0 unspecified atom stereocenters. The van der Waals surface area contributed by atoms with Gasteiger partial charge in [-0.15, -0.1) is 11.3 Å². The molecule has 0 spiro atoms. The van der Waals surface area contributed by atoms with Gasteiger partial charge in [0, 0.05) is 4.90 Å². The fourth-order valence-electron chi connectivity index (χ4n) is 1.19. The summed E-state index contributed by atoms with van der Waals surface area (Å²) in [5.74, 6) is 0. The number of benzene rings is 1. The van der Waals surface area contributed by atoms with Crippen LogP contribution in [0, 0.1) is 6.92 Å². The average Bonchev–Trinajstić information content (AvgIpc) is 2.74. The lowest BCUT2D eigenvalue weighted by Crippen LogP contribution is -2.02. The molecule has 2 aromatic rings. The van der Waals surface area contributed by atoms with Gasteiger partial charge >= 0.3 is 0 Å². The van der Waals surface area contributed by atoms with Crippen LogP contribution in [-0.2, 0) is 0 Å². The highest BCUT2D eigenvalue weighted by atomic mass is 32.2. The molecule has 2 nitrogen and oxygen atoms in total. The van der Waals surface area contributed by atoms with E-state index in [0.29, 0.717) is 0 Å². The van der Waals surface area contributed by atoms with Crippen molar-refractivity contribution < 1.29 is 4.79 Å². The summed E-state index contributed by atoms with van der Waals surface area (Å²) in [6.07, 6.45) is 0. The highest BCUT2D eigenvalue weighted by molar-refractivity contribution is 8.14. The van der Waals surface area contributed by atoms with Crippen LogP contribution in [0.25, 0.3) is 0 Å². The lowest BCUT2D eigenvalue weighted by Gasteiger charge is -2.02. The van der Waals surface area contributed by atoms with Gasteiger partial charge in [-0.2, -0.15) is 0 Å². The molecule has 16 heavy (non-hydrogen) atoms. The van der Waals surface area contributed by atoms with Gasteiger partial charge in [0.15, 0.2) is 0 Å². The van der Waals surface area contributed by atoms with Crippen LogP contribution in [0.15, 0.2) is 46.7 Å². The summed E-state index contributed by atoms with van der Waals surface area (Å²) < 4.78 is 0. The number of amides is 1. The quantitative estimate of drug-likeness (QED) is 0.800. The zero-order chi connectivity index (χ0) is 11.4. The van der Waals surface area contributed by atoms with E-state index in [1.54, 1.807) is 0 Å². The van der Waals surface area contributed by atoms with Crippen LogP contribution in [0.5, 0.6) is 0 Å². The van der Waals surface area contributed by atoms with Gasteiger partial charge in [-0.3, -0.25) is 4.79 Å². The maximum absolute atomic E-state index is 11.6. The van der Waals surface area contributed by atoms with E-state index in [9.17, 15) is 4.79 Å². The van der Waals surface area contributed by atoms with Crippen LogP contribution < -0.4 is 5.32 Å².